The summed E-state index contributed by atoms with van der Waals surface area (Å²) >= 11 is 0. The smallest absolute Gasteiger partial charge is 0.0596 e. The lowest BCUT2D eigenvalue weighted by Gasteiger charge is -2.22. The number of hydrogen-bond acceptors (Lipinski definition) is 3. The van der Waals surface area contributed by atoms with Gasteiger partial charge in [-0.3, -0.25) is 4.68 Å². The Bertz CT molecular complexity index is 388. The van der Waals surface area contributed by atoms with Gasteiger partial charge in [-0.15, -0.1) is 0 Å². The van der Waals surface area contributed by atoms with Crippen molar-refractivity contribution in [1.82, 2.24) is 15.1 Å². The second kappa shape index (κ2) is 5.85. The number of nitrogens with one attached hydrogen (secondary N) is 1. The lowest BCUT2D eigenvalue weighted by molar-refractivity contribution is 0.117. The Balaban J connectivity index is 2.05. The van der Waals surface area contributed by atoms with E-state index in [1.54, 1.807) is 0 Å². The third-order valence-corrected chi connectivity index (χ3v) is 3.88. The molecule has 2 rings (SSSR count). The van der Waals surface area contributed by atoms with Crippen LogP contribution >= 0.6 is 0 Å². The molecule has 0 bridgehead atoms. The molecule has 0 aromatic carbocycles. The molecule has 0 spiro atoms. The number of hydrogen-bond donors (Lipinski definition) is 1. The normalized spacial score (nSPS) is 25.6. The topological polar surface area (TPSA) is 39.1 Å². The molecule has 0 amide bonds. The van der Waals surface area contributed by atoms with E-state index in [0.717, 1.165) is 31.7 Å². The van der Waals surface area contributed by atoms with E-state index in [1.807, 2.05) is 7.05 Å². The Hall–Kier alpha value is -0.870. The molecule has 18 heavy (non-hydrogen) atoms. The lowest BCUT2D eigenvalue weighted by Crippen LogP contribution is -2.36. The maximum Gasteiger partial charge on any atom is 0.0596 e. The van der Waals surface area contributed by atoms with Crippen molar-refractivity contribution in [1.29, 1.82) is 0 Å². The summed E-state index contributed by atoms with van der Waals surface area (Å²) in [6.07, 6.45) is 2.60. The fourth-order valence-electron chi connectivity index (χ4n) is 2.90. The zero-order chi connectivity index (χ0) is 13.1. The summed E-state index contributed by atoms with van der Waals surface area (Å²) in [6, 6.07) is 2.68. The molecule has 0 aliphatic carbocycles. The van der Waals surface area contributed by atoms with Crippen molar-refractivity contribution in [3.63, 3.8) is 0 Å². The van der Waals surface area contributed by atoms with Gasteiger partial charge >= 0.3 is 0 Å². The number of aryl methyl sites for hydroxylation is 2. The van der Waals surface area contributed by atoms with Crippen molar-refractivity contribution in [3.8, 4) is 0 Å². The first kappa shape index (κ1) is 13.6. The quantitative estimate of drug-likeness (QED) is 0.867. The van der Waals surface area contributed by atoms with Crippen LogP contribution in [0.5, 0.6) is 0 Å². The molecule has 1 N–H and O–H groups in total. The fourth-order valence-corrected chi connectivity index (χ4v) is 2.90. The number of rotatable bonds is 5. The van der Waals surface area contributed by atoms with Crippen molar-refractivity contribution < 1.29 is 4.74 Å². The van der Waals surface area contributed by atoms with Gasteiger partial charge in [0.15, 0.2) is 0 Å². The van der Waals surface area contributed by atoms with Gasteiger partial charge in [0.05, 0.1) is 18.4 Å². The SMILES string of the molecule is CCn1nc(C)cc1CC(NC)C1COC(C)C1. The standard InChI is InChI=1S/C14H25N3O/c1-5-17-13(6-10(2)16-17)8-14(15-4)12-7-11(3)18-9-12/h6,11-12,14-15H,5,7-9H2,1-4H3. The monoisotopic (exact) mass is 251 g/mol. The largest absolute Gasteiger partial charge is 0.378 e. The Kier molecular flexibility index (Phi) is 4.40. The molecular weight excluding hydrogens is 226 g/mol. The molecule has 1 aromatic rings. The highest BCUT2D eigenvalue weighted by Crippen LogP contribution is 2.24. The Morgan fingerprint density at radius 3 is 2.94 bits per heavy atom. The maximum absolute atomic E-state index is 5.69. The summed E-state index contributed by atoms with van der Waals surface area (Å²) in [7, 11) is 2.05. The van der Waals surface area contributed by atoms with E-state index in [9.17, 15) is 0 Å². The average Bonchev–Trinajstić information content (AvgIpc) is 2.92. The van der Waals surface area contributed by atoms with Crippen LogP contribution in [0, 0.1) is 12.8 Å². The molecule has 3 unspecified atom stereocenters. The summed E-state index contributed by atoms with van der Waals surface area (Å²) < 4.78 is 7.80. The van der Waals surface area contributed by atoms with Gasteiger partial charge in [0.2, 0.25) is 0 Å². The van der Waals surface area contributed by atoms with Gasteiger partial charge in [-0.1, -0.05) is 0 Å². The highest BCUT2D eigenvalue weighted by Gasteiger charge is 2.29. The zero-order valence-corrected chi connectivity index (χ0v) is 11.9. The second-order valence-electron chi connectivity index (χ2n) is 5.33. The molecule has 1 saturated heterocycles. The fraction of sp³-hybridized carbons (Fsp3) is 0.786. The lowest BCUT2D eigenvalue weighted by atomic mass is 9.93. The second-order valence-corrected chi connectivity index (χ2v) is 5.33. The molecule has 102 valence electrons. The highest BCUT2D eigenvalue weighted by molar-refractivity contribution is 5.11. The Morgan fingerprint density at radius 2 is 2.39 bits per heavy atom. The zero-order valence-electron chi connectivity index (χ0n) is 11.9. The third kappa shape index (κ3) is 2.93. The van der Waals surface area contributed by atoms with Crippen LogP contribution in [0.1, 0.15) is 31.7 Å². The Morgan fingerprint density at radius 1 is 1.61 bits per heavy atom. The summed E-state index contributed by atoms with van der Waals surface area (Å²) in [5, 5.41) is 7.97. The predicted molar refractivity (Wildman–Crippen MR) is 72.7 cm³/mol. The molecule has 0 saturated carbocycles. The van der Waals surface area contributed by atoms with Gasteiger partial charge in [0, 0.05) is 30.6 Å². The first-order chi connectivity index (χ1) is 8.63. The summed E-state index contributed by atoms with van der Waals surface area (Å²) in [4.78, 5) is 0. The first-order valence-electron chi connectivity index (χ1n) is 6.96. The van der Waals surface area contributed by atoms with Crippen LogP contribution in [0.25, 0.3) is 0 Å². The van der Waals surface area contributed by atoms with Crippen molar-refractivity contribution >= 4 is 0 Å². The van der Waals surface area contributed by atoms with Crippen LogP contribution in [0.2, 0.25) is 0 Å². The average molecular weight is 251 g/mol. The van der Waals surface area contributed by atoms with E-state index in [4.69, 9.17) is 4.74 Å². The van der Waals surface area contributed by atoms with Gasteiger partial charge in [-0.05, 0) is 40.3 Å². The molecule has 4 heteroatoms. The summed E-state index contributed by atoms with van der Waals surface area (Å²) in [5.41, 5.74) is 2.44. The van der Waals surface area contributed by atoms with Crippen molar-refractivity contribution in [2.45, 2.75) is 52.3 Å². The van der Waals surface area contributed by atoms with Crippen LogP contribution in [0.15, 0.2) is 6.07 Å². The Labute approximate surface area is 110 Å². The van der Waals surface area contributed by atoms with E-state index in [0.29, 0.717) is 18.1 Å². The number of aromatic nitrogens is 2. The van der Waals surface area contributed by atoms with Gasteiger partial charge < -0.3 is 10.1 Å². The van der Waals surface area contributed by atoms with Crippen LogP contribution in [-0.4, -0.2) is 35.6 Å². The molecule has 4 nitrogen and oxygen atoms in total. The summed E-state index contributed by atoms with van der Waals surface area (Å²) in [5.74, 6) is 0.616. The highest BCUT2D eigenvalue weighted by atomic mass is 16.5. The molecule has 2 heterocycles. The number of likely N-dealkylation sites (N-methyl/N-ethyl adjacent to an activating group) is 1. The van der Waals surface area contributed by atoms with E-state index in [-0.39, 0.29) is 0 Å². The molecule has 1 aliphatic rings. The van der Waals surface area contributed by atoms with Gasteiger partial charge in [0.1, 0.15) is 0 Å². The van der Waals surface area contributed by atoms with Crippen LogP contribution in [0.4, 0.5) is 0 Å². The summed E-state index contributed by atoms with van der Waals surface area (Å²) in [6.45, 7) is 8.19. The minimum absolute atomic E-state index is 0.406. The van der Waals surface area contributed by atoms with Crippen molar-refractivity contribution in [2.24, 2.45) is 5.92 Å². The molecule has 1 fully saturated rings. The first-order valence-corrected chi connectivity index (χ1v) is 6.96. The molecular formula is C14H25N3O. The third-order valence-electron chi connectivity index (χ3n) is 3.88. The van der Waals surface area contributed by atoms with E-state index in [2.05, 4.69) is 41.9 Å². The predicted octanol–water partition coefficient (Wildman–Crippen LogP) is 1.77. The van der Waals surface area contributed by atoms with E-state index >= 15 is 0 Å². The number of ether oxygens (including phenoxy) is 1. The number of nitrogens with zero attached hydrogens (tertiary/aromatic N) is 2. The van der Waals surface area contributed by atoms with Crippen LogP contribution in [-0.2, 0) is 17.7 Å². The molecule has 1 aliphatic heterocycles. The maximum atomic E-state index is 5.69. The minimum Gasteiger partial charge on any atom is -0.378 e. The van der Waals surface area contributed by atoms with Crippen molar-refractivity contribution in [3.05, 3.63) is 17.5 Å². The molecule has 1 aromatic heterocycles. The van der Waals surface area contributed by atoms with Gasteiger partial charge in [0.25, 0.3) is 0 Å². The van der Waals surface area contributed by atoms with Crippen molar-refractivity contribution in [2.75, 3.05) is 13.7 Å². The molecule has 3 atom stereocenters. The van der Waals surface area contributed by atoms with Gasteiger partial charge in [-0.2, -0.15) is 5.10 Å². The minimum atomic E-state index is 0.406. The van der Waals surface area contributed by atoms with Crippen LogP contribution in [0.3, 0.4) is 0 Å². The molecule has 0 radical (unpaired) electrons. The van der Waals surface area contributed by atoms with Crippen LogP contribution < -0.4 is 5.32 Å². The van der Waals surface area contributed by atoms with E-state index in [1.165, 1.54) is 5.69 Å². The van der Waals surface area contributed by atoms with Gasteiger partial charge in [-0.25, -0.2) is 0 Å². The van der Waals surface area contributed by atoms with E-state index < -0.39 is 0 Å².